The third-order valence-corrected chi connectivity index (χ3v) is 1.92. The Kier molecular flexibility index (Phi) is 3.18. The van der Waals surface area contributed by atoms with Gasteiger partial charge in [-0.3, -0.25) is 4.79 Å². The normalized spacial score (nSPS) is 20.5. The second-order valence-corrected chi connectivity index (χ2v) is 3.04. The van der Waals surface area contributed by atoms with Gasteiger partial charge in [-0.1, -0.05) is 22.6 Å². The average Bonchev–Trinajstić information content (AvgIpc) is 1.94. The van der Waals surface area contributed by atoms with Gasteiger partial charge in [-0.25, -0.2) is 0 Å². The van der Waals surface area contributed by atoms with Crippen LogP contribution in [0.4, 0.5) is 0 Å². The van der Waals surface area contributed by atoms with Gasteiger partial charge >= 0.3 is 0 Å². The molecule has 10 heavy (non-hydrogen) atoms. The van der Waals surface area contributed by atoms with E-state index in [4.69, 9.17) is 0 Å². The molecule has 0 aromatic heterocycles. The van der Waals surface area contributed by atoms with Crippen LogP contribution in [0.15, 0.2) is 10.3 Å². The van der Waals surface area contributed by atoms with E-state index in [1.165, 1.54) is 0 Å². The maximum atomic E-state index is 11.1. The summed E-state index contributed by atoms with van der Waals surface area (Å²) in [5.41, 5.74) is 0. The van der Waals surface area contributed by atoms with E-state index in [9.17, 15) is 4.79 Å². The van der Waals surface area contributed by atoms with Crippen LogP contribution in [0.1, 0.15) is 19.3 Å². The van der Waals surface area contributed by atoms with E-state index >= 15 is 0 Å². The van der Waals surface area contributed by atoms with E-state index in [2.05, 4.69) is 22.6 Å². The fraction of sp³-hybridized carbons (Fsp3) is 0.571. The summed E-state index contributed by atoms with van der Waals surface area (Å²) >= 11 is 2.13. The predicted molar refractivity (Wildman–Crippen MR) is 48.7 cm³/mol. The van der Waals surface area contributed by atoms with Gasteiger partial charge in [-0.05, 0) is 16.9 Å². The van der Waals surface area contributed by atoms with Crippen molar-refractivity contribution in [2.24, 2.45) is 0 Å². The molecule has 0 aromatic rings. The molecular formula is C7H10INO. The van der Waals surface area contributed by atoms with Crippen LogP contribution in [0.25, 0.3) is 0 Å². The van der Waals surface area contributed by atoms with E-state index < -0.39 is 0 Å². The van der Waals surface area contributed by atoms with Gasteiger partial charge in [0.05, 0.1) is 0 Å². The highest BCUT2D eigenvalue weighted by atomic mass is 127. The Balaban J connectivity index is 2.48. The highest BCUT2D eigenvalue weighted by Crippen LogP contribution is 2.10. The third kappa shape index (κ3) is 1.97. The van der Waals surface area contributed by atoms with Crippen molar-refractivity contribution in [2.45, 2.75) is 19.3 Å². The molecule has 1 amide bonds. The summed E-state index contributed by atoms with van der Waals surface area (Å²) in [5, 5.41) is 0. The van der Waals surface area contributed by atoms with Gasteiger partial charge in [0.2, 0.25) is 5.91 Å². The summed E-state index contributed by atoms with van der Waals surface area (Å²) in [5.74, 6) is 0.263. The van der Waals surface area contributed by atoms with E-state index in [1.54, 1.807) is 4.90 Å². The molecule has 0 atom stereocenters. The molecule has 1 fully saturated rings. The molecule has 0 aliphatic carbocycles. The van der Waals surface area contributed by atoms with E-state index in [0.29, 0.717) is 0 Å². The van der Waals surface area contributed by atoms with Gasteiger partial charge < -0.3 is 4.90 Å². The molecule has 3 heteroatoms. The van der Waals surface area contributed by atoms with Gasteiger partial charge in [-0.2, -0.15) is 0 Å². The Labute approximate surface area is 74.4 Å². The average molecular weight is 251 g/mol. The number of rotatable bonds is 1. The van der Waals surface area contributed by atoms with Crippen molar-refractivity contribution in [3.05, 3.63) is 10.3 Å². The number of likely N-dealkylation sites (tertiary alicyclic amines) is 1. The lowest BCUT2D eigenvalue weighted by Gasteiger charge is -2.22. The zero-order valence-electron chi connectivity index (χ0n) is 5.72. The highest BCUT2D eigenvalue weighted by molar-refractivity contribution is 14.1. The molecule has 1 aliphatic rings. The Hall–Kier alpha value is -0.0600. The Morgan fingerprint density at radius 2 is 2.30 bits per heavy atom. The molecule has 1 aliphatic heterocycles. The first-order valence-corrected chi connectivity index (χ1v) is 4.65. The van der Waals surface area contributed by atoms with E-state index in [-0.39, 0.29) is 5.91 Å². The summed E-state index contributed by atoms with van der Waals surface area (Å²) in [4.78, 5) is 12.8. The zero-order chi connectivity index (χ0) is 7.40. The van der Waals surface area contributed by atoms with Gasteiger partial charge in [0.15, 0.2) is 0 Å². The Bertz CT molecular complexity index is 156. The Morgan fingerprint density at radius 3 is 2.90 bits per heavy atom. The molecule has 0 N–H and O–H groups in total. The number of halogens is 1. The molecule has 0 radical (unpaired) electrons. The standard InChI is InChI=1S/C7H10INO/c8-4-6-9-5-2-1-3-7(9)10/h4,6H,1-3,5H2/b6-4+. The lowest BCUT2D eigenvalue weighted by molar-refractivity contribution is -0.130. The molecule has 0 saturated carbocycles. The van der Waals surface area contributed by atoms with E-state index in [0.717, 1.165) is 25.8 Å². The molecule has 0 spiro atoms. The first-order valence-electron chi connectivity index (χ1n) is 3.41. The van der Waals surface area contributed by atoms with Crippen molar-refractivity contribution in [1.29, 1.82) is 0 Å². The summed E-state index contributed by atoms with van der Waals surface area (Å²) < 4.78 is 1.88. The molecule has 0 bridgehead atoms. The molecule has 1 rings (SSSR count). The number of hydrogen-bond acceptors (Lipinski definition) is 1. The van der Waals surface area contributed by atoms with Gasteiger partial charge in [0.25, 0.3) is 0 Å². The van der Waals surface area contributed by atoms with Crippen LogP contribution in [-0.4, -0.2) is 17.4 Å². The molecule has 0 aromatic carbocycles. The van der Waals surface area contributed by atoms with Crippen molar-refractivity contribution >= 4 is 28.5 Å². The zero-order valence-corrected chi connectivity index (χ0v) is 7.87. The second-order valence-electron chi connectivity index (χ2n) is 2.32. The van der Waals surface area contributed by atoms with Crippen LogP contribution in [0.3, 0.4) is 0 Å². The summed E-state index contributed by atoms with van der Waals surface area (Å²) in [7, 11) is 0. The molecule has 0 unspecified atom stereocenters. The smallest absolute Gasteiger partial charge is 0.226 e. The molecule has 1 heterocycles. The number of hydrogen-bond donors (Lipinski definition) is 0. The first kappa shape index (κ1) is 8.04. The largest absolute Gasteiger partial charge is 0.319 e. The second kappa shape index (κ2) is 3.95. The van der Waals surface area contributed by atoms with Crippen molar-refractivity contribution in [2.75, 3.05) is 6.54 Å². The predicted octanol–water partition coefficient (Wildman–Crippen LogP) is 1.91. The lowest BCUT2D eigenvalue weighted by Crippen LogP contribution is -2.30. The van der Waals surface area contributed by atoms with Gasteiger partial charge in [0.1, 0.15) is 0 Å². The fourth-order valence-electron chi connectivity index (χ4n) is 1.05. The summed E-state index contributed by atoms with van der Waals surface area (Å²) in [6.07, 6.45) is 4.78. The minimum Gasteiger partial charge on any atom is -0.319 e. The van der Waals surface area contributed by atoms with Crippen molar-refractivity contribution in [3.63, 3.8) is 0 Å². The Morgan fingerprint density at radius 1 is 1.50 bits per heavy atom. The van der Waals surface area contributed by atoms with Crippen LogP contribution in [-0.2, 0) is 4.79 Å². The molecule has 2 nitrogen and oxygen atoms in total. The van der Waals surface area contributed by atoms with Crippen LogP contribution in [0, 0.1) is 0 Å². The minimum absolute atomic E-state index is 0.263. The van der Waals surface area contributed by atoms with Crippen molar-refractivity contribution < 1.29 is 4.79 Å². The summed E-state index contributed by atoms with van der Waals surface area (Å²) in [6.45, 7) is 0.901. The number of amides is 1. The molecule has 1 saturated heterocycles. The third-order valence-electron chi connectivity index (χ3n) is 1.60. The quantitative estimate of drug-likeness (QED) is 0.652. The maximum Gasteiger partial charge on any atom is 0.226 e. The number of nitrogens with zero attached hydrogens (tertiary/aromatic N) is 1. The van der Waals surface area contributed by atoms with Gasteiger partial charge in [-0.15, -0.1) is 0 Å². The number of carbonyl (C=O) groups excluding carboxylic acids is 1. The fourth-order valence-corrected chi connectivity index (χ4v) is 1.44. The van der Waals surface area contributed by atoms with Crippen LogP contribution in [0.2, 0.25) is 0 Å². The SMILES string of the molecule is O=C1CCCCN1/C=C/I. The van der Waals surface area contributed by atoms with Crippen LogP contribution in [0.5, 0.6) is 0 Å². The summed E-state index contributed by atoms with van der Waals surface area (Å²) in [6, 6.07) is 0. The molecular weight excluding hydrogens is 241 g/mol. The van der Waals surface area contributed by atoms with E-state index in [1.807, 2.05) is 10.3 Å². The van der Waals surface area contributed by atoms with Crippen molar-refractivity contribution in [1.82, 2.24) is 4.90 Å². The van der Waals surface area contributed by atoms with Crippen molar-refractivity contribution in [3.8, 4) is 0 Å². The highest BCUT2D eigenvalue weighted by Gasteiger charge is 2.14. The number of carbonyl (C=O) groups is 1. The number of piperidine rings is 1. The maximum absolute atomic E-state index is 11.1. The van der Waals surface area contributed by atoms with Gasteiger partial charge in [0, 0.05) is 19.2 Å². The lowest BCUT2D eigenvalue weighted by atomic mass is 10.1. The first-order chi connectivity index (χ1) is 4.84. The topological polar surface area (TPSA) is 20.3 Å². The van der Waals surface area contributed by atoms with Crippen LogP contribution >= 0.6 is 22.6 Å². The monoisotopic (exact) mass is 251 g/mol. The minimum atomic E-state index is 0.263. The molecule has 56 valence electrons. The van der Waals surface area contributed by atoms with Crippen LogP contribution < -0.4 is 0 Å².